The molecule has 1 aromatic heterocycles. The largest absolute Gasteiger partial charge is 0.301 e. The maximum absolute atomic E-state index is 6.39. The highest BCUT2D eigenvalue weighted by Crippen LogP contribution is 2.46. The van der Waals surface area contributed by atoms with E-state index in [9.17, 15) is 0 Å². The Kier molecular flexibility index (Phi) is 2.79. The lowest BCUT2D eigenvalue weighted by Crippen LogP contribution is -2.48. The van der Waals surface area contributed by atoms with E-state index >= 15 is 0 Å². The SMILES string of the molecule is CC1(C)Cc2ccccc2N(N)C1c1ccccn1. The fourth-order valence-electron chi connectivity index (χ4n) is 3.10. The van der Waals surface area contributed by atoms with E-state index in [2.05, 4.69) is 43.1 Å². The summed E-state index contributed by atoms with van der Waals surface area (Å²) in [5, 5.41) is 1.88. The highest BCUT2D eigenvalue weighted by Gasteiger charge is 2.40. The Bertz CT molecular complexity index is 578. The average molecular weight is 253 g/mol. The molecule has 1 aromatic carbocycles. The number of nitrogens with zero attached hydrogens (tertiary/aromatic N) is 2. The number of anilines is 1. The van der Waals surface area contributed by atoms with E-state index in [1.54, 1.807) is 0 Å². The summed E-state index contributed by atoms with van der Waals surface area (Å²) in [5.74, 6) is 6.39. The predicted octanol–water partition coefficient (Wildman–Crippen LogP) is 3.09. The third-order valence-corrected chi connectivity index (χ3v) is 3.90. The van der Waals surface area contributed by atoms with Crippen molar-refractivity contribution in [1.29, 1.82) is 0 Å². The molecule has 0 radical (unpaired) electrons. The van der Waals surface area contributed by atoms with Gasteiger partial charge in [-0.1, -0.05) is 38.1 Å². The monoisotopic (exact) mass is 253 g/mol. The van der Waals surface area contributed by atoms with E-state index in [4.69, 9.17) is 5.84 Å². The minimum absolute atomic E-state index is 0.0530. The fraction of sp³-hybridized carbons (Fsp3) is 0.312. The van der Waals surface area contributed by atoms with Crippen LogP contribution in [0.15, 0.2) is 48.7 Å². The van der Waals surface area contributed by atoms with Crippen molar-refractivity contribution in [2.75, 3.05) is 5.01 Å². The number of aromatic nitrogens is 1. The normalized spacial score (nSPS) is 21.0. The zero-order valence-corrected chi connectivity index (χ0v) is 11.4. The molecule has 0 spiro atoms. The first-order chi connectivity index (χ1) is 9.09. The Morgan fingerprint density at radius 2 is 1.89 bits per heavy atom. The molecule has 1 aliphatic rings. The Balaban J connectivity index is 2.10. The number of para-hydroxylation sites is 1. The van der Waals surface area contributed by atoms with E-state index in [0.717, 1.165) is 17.8 Å². The van der Waals surface area contributed by atoms with Crippen LogP contribution in [-0.2, 0) is 6.42 Å². The molecule has 0 saturated carbocycles. The molecule has 2 heterocycles. The van der Waals surface area contributed by atoms with Gasteiger partial charge in [0.25, 0.3) is 0 Å². The zero-order valence-electron chi connectivity index (χ0n) is 11.4. The van der Waals surface area contributed by atoms with Gasteiger partial charge in [0, 0.05) is 6.20 Å². The van der Waals surface area contributed by atoms with Gasteiger partial charge in [0.15, 0.2) is 0 Å². The standard InChI is InChI=1S/C16H19N3/c1-16(2)11-12-7-3-4-9-14(12)19(17)15(16)13-8-5-6-10-18-13/h3-10,15H,11,17H2,1-2H3. The number of rotatable bonds is 1. The van der Waals surface area contributed by atoms with Crippen LogP contribution in [-0.4, -0.2) is 4.98 Å². The first-order valence-electron chi connectivity index (χ1n) is 6.62. The second-order valence-corrected chi connectivity index (χ2v) is 5.86. The first kappa shape index (κ1) is 12.2. The Morgan fingerprint density at radius 1 is 1.16 bits per heavy atom. The number of pyridine rings is 1. The van der Waals surface area contributed by atoms with Gasteiger partial charge in [0.05, 0.1) is 17.4 Å². The van der Waals surface area contributed by atoms with Gasteiger partial charge in [-0.05, 0) is 35.6 Å². The van der Waals surface area contributed by atoms with Gasteiger partial charge >= 0.3 is 0 Å². The van der Waals surface area contributed by atoms with Gasteiger partial charge in [0.2, 0.25) is 0 Å². The summed E-state index contributed by atoms with van der Waals surface area (Å²) >= 11 is 0. The average Bonchev–Trinajstić information content (AvgIpc) is 2.39. The van der Waals surface area contributed by atoms with E-state index in [1.165, 1.54) is 5.56 Å². The van der Waals surface area contributed by atoms with Crippen molar-refractivity contribution in [3.8, 4) is 0 Å². The van der Waals surface area contributed by atoms with Crippen molar-refractivity contribution in [1.82, 2.24) is 4.98 Å². The zero-order chi connectivity index (χ0) is 13.5. The smallest absolute Gasteiger partial charge is 0.0926 e. The Labute approximate surface area is 114 Å². The molecule has 2 aromatic rings. The lowest BCUT2D eigenvalue weighted by molar-refractivity contribution is 0.255. The topological polar surface area (TPSA) is 42.1 Å². The molecular formula is C16H19N3. The minimum atomic E-state index is 0.0530. The number of fused-ring (bicyclic) bond motifs is 1. The van der Waals surface area contributed by atoms with Crippen molar-refractivity contribution in [2.24, 2.45) is 11.3 Å². The molecule has 0 fully saturated rings. The van der Waals surface area contributed by atoms with Crippen LogP contribution >= 0.6 is 0 Å². The molecule has 1 aliphatic heterocycles. The summed E-state index contributed by atoms with van der Waals surface area (Å²) in [5.41, 5.74) is 3.50. The number of hydrogen-bond acceptors (Lipinski definition) is 3. The van der Waals surface area contributed by atoms with Crippen LogP contribution in [0.4, 0.5) is 5.69 Å². The predicted molar refractivity (Wildman–Crippen MR) is 77.6 cm³/mol. The molecule has 0 saturated heterocycles. The van der Waals surface area contributed by atoms with Crippen molar-refractivity contribution >= 4 is 5.69 Å². The quantitative estimate of drug-likeness (QED) is 0.794. The van der Waals surface area contributed by atoms with Gasteiger partial charge in [-0.3, -0.25) is 4.98 Å². The lowest BCUT2D eigenvalue weighted by Gasteiger charge is -2.45. The van der Waals surface area contributed by atoms with Crippen LogP contribution in [0.25, 0.3) is 0 Å². The molecule has 0 aliphatic carbocycles. The molecule has 3 rings (SSSR count). The third-order valence-electron chi connectivity index (χ3n) is 3.90. The summed E-state index contributed by atoms with van der Waals surface area (Å²) < 4.78 is 0. The maximum atomic E-state index is 6.39. The van der Waals surface area contributed by atoms with Gasteiger partial charge in [0.1, 0.15) is 0 Å². The van der Waals surface area contributed by atoms with Crippen molar-refractivity contribution in [2.45, 2.75) is 26.3 Å². The summed E-state index contributed by atoms with van der Waals surface area (Å²) in [7, 11) is 0. The van der Waals surface area contributed by atoms with Crippen molar-refractivity contribution in [3.63, 3.8) is 0 Å². The van der Waals surface area contributed by atoms with Crippen molar-refractivity contribution in [3.05, 3.63) is 59.9 Å². The molecule has 98 valence electrons. The number of nitrogens with two attached hydrogens (primary N) is 1. The fourth-order valence-corrected chi connectivity index (χ4v) is 3.10. The van der Waals surface area contributed by atoms with E-state index in [-0.39, 0.29) is 11.5 Å². The molecular weight excluding hydrogens is 234 g/mol. The molecule has 3 nitrogen and oxygen atoms in total. The van der Waals surface area contributed by atoms with Gasteiger partial charge in [-0.2, -0.15) is 0 Å². The van der Waals surface area contributed by atoms with E-state index in [1.807, 2.05) is 29.4 Å². The highest BCUT2D eigenvalue weighted by atomic mass is 15.4. The second-order valence-electron chi connectivity index (χ2n) is 5.86. The first-order valence-corrected chi connectivity index (χ1v) is 6.62. The third kappa shape index (κ3) is 2.00. The number of benzene rings is 1. The van der Waals surface area contributed by atoms with Crippen LogP contribution < -0.4 is 10.9 Å². The van der Waals surface area contributed by atoms with Gasteiger partial charge in [-0.25, -0.2) is 5.84 Å². The Morgan fingerprint density at radius 3 is 2.63 bits per heavy atom. The number of hydrazine groups is 1. The Hall–Kier alpha value is -1.87. The van der Waals surface area contributed by atoms with E-state index in [0.29, 0.717) is 0 Å². The summed E-state index contributed by atoms with van der Waals surface area (Å²) in [6.07, 6.45) is 2.85. The van der Waals surface area contributed by atoms with E-state index < -0.39 is 0 Å². The summed E-state index contributed by atoms with van der Waals surface area (Å²) in [4.78, 5) is 4.50. The molecule has 0 amide bonds. The van der Waals surface area contributed by atoms with Crippen molar-refractivity contribution < 1.29 is 0 Å². The maximum Gasteiger partial charge on any atom is 0.0926 e. The summed E-state index contributed by atoms with van der Waals surface area (Å²) in [6, 6.07) is 14.5. The van der Waals surface area contributed by atoms with Crippen LogP contribution in [0, 0.1) is 5.41 Å². The van der Waals surface area contributed by atoms with Crippen LogP contribution in [0.1, 0.15) is 31.1 Å². The highest BCUT2D eigenvalue weighted by molar-refractivity contribution is 5.57. The van der Waals surface area contributed by atoms with Crippen LogP contribution in [0.2, 0.25) is 0 Å². The second kappa shape index (κ2) is 4.35. The van der Waals surface area contributed by atoms with Crippen LogP contribution in [0.3, 0.4) is 0 Å². The molecule has 2 N–H and O–H groups in total. The summed E-state index contributed by atoms with van der Waals surface area (Å²) in [6.45, 7) is 4.50. The molecule has 3 heteroatoms. The molecule has 1 atom stereocenters. The van der Waals surface area contributed by atoms with Gasteiger partial charge in [-0.15, -0.1) is 0 Å². The lowest BCUT2D eigenvalue weighted by atomic mass is 9.73. The number of hydrogen-bond donors (Lipinski definition) is 1. The minimum Gasteiger partial charge on any atom is -0.301 e. The molecule has 19 heavy (non-hydrogen) atoms. The molecule has 0 bridgehead atoms. The van der Waals surface area contributed by atoms with Crippen LogP contribution in [0.5, 0.6) is 0 Å². The van der Waals surface area contributed by atoms with Gasteiger partial charge < -0.3 is 5.01 Å². The molecule has 1 unspecified atom stereocenters.